The first-order valence-electron chi connectivity index (χ1n) is 6.03. The second kappa shape index (κ2) is 7.38. The van der Waals surface area contributed by atoms with Crippen LogP contribution in [0.2, 0.25) is 0 Å². The number of rotatable bonds is 5. The highest BCUT2D eigenvalue weighted by molar-refractivity contribution is 9.10. The van der Waals surface area contributed by atoms with Gasteiger partial charge in [0.1, 0.15) is 12.4 Å². The van der Waals surface area contributed by atoms with E-state index in [0.717, 1.165) is 26.3 Å². The van der Waals surface area contributed by atoms with Gasteiger partial charge in [-0.3, -0.25) is 10.1 Å². The van der Waals surface area contributed by atoms with Gasteiger partial charge in [-0.05, 0) is 51.3 Å². The molecule has 0 spiro atoms. The monoisotopic (exact) mass is 411 g/mol. The lowest BCUT2D eigenvalue weighted by Gasteiger charge is -2.09. The first kappa shape index (κ1) is 15.7. The Balaban J connectivity index is 2.04. The molecular weight excluding hydrogens is 402 g/mol. The maximum Gasteiger partial charge on any atom is 0.235 e. The Morgan fingerprint density at radius 3 is 2.48 bits per heavy atom. The molecule has 0 amide bonds. The van der Waals surface area contributed by atoms with Crippen molar-refractivity contribution in [1.29, 1.82) is 0 Å². The first-order chi connectivity index (χ1) is 10.0. The third kappa shape index (κ3) is 4.99. The summed E-state index contributed by atoms with van der Waals surface area (Å²) in [4.78, 5) is 9.79. The van der Waals surface area contributed by atoms with Crippen LogP contribution in [0, 0.1) is 10.1 Å². The van der Waals surface area contributed by atoms with E-state index in [4.69, 9.17) is 4.74 Å². The van der Waals surface area contributed by atoms with Crippen molar-refractivity contribution in [3.63, 3.8) is 0 Å². The third-order valence-electron chi connectivity index (χ3n) is 2.65. The lowest BCUT2D eigenvalue weighted by molar-refractivity contribution is -0.400. The highest BCUT2D eigenvalue weighted by Crippen LogP contribution is 2.27. The summed E-state index contributed by atoms with van der Waals surface area (Å²) in [7, 11) is 0. The maximum atomic E-state index is 10.3. The van der Waals surface area contributed by atoms with Crippen LogP contribution in [0.15, 0.2) is 57.6 Å². The van der Waals surface area contributed by atoms with Crippen LogP contribution < -0.4 is 4.74 Å². The lowest BCUT2D eigenvalue weighted by atomic mass is 10.2. The fourth-order valence-electron chi connectivity index (χ4n) is 1.63. The molecule has 0 saturated carbocycles. The van der Waals surface area contributed by atoms with Gasteiger partial charge in [-0.1, -0.05) is 34.1 Å². The predicted octanol–water partition coefficient (Wildman–Crippen LogP) is 5.04. The maximum absolute atomic E-state index is 10.3. The fourth-order valence-corrected chi connectivity index (χ4v) is 2.40. The van der Waals surface area contributed by atoms with Crippen molar-refractivity contribution in [3.8, 4) is 5.75 Å². The zero-order valence-corrected chi connectivity index (χ0v) is 14.0. The van der Waals surface area contributed by atoms with Crippen molar-refractivity contribution in [2.75, 3.05) is 0 Å². The summed E-state index contributed by atoms with van der Waals surface area (Å²) in [6.07, 6.45) is 2.34. The van der Waals surface area contributed by atoms with Gasteiger partial charge in [-0.15, -0.1) is 0 Å². The molecule has 21 heavy (non-hydrogen) atoms. The zero-order chi connectivity index (χ0) is 15.2. The highest BCUT2D eigenvalue weighted by atomic mass is 79.9. The molecule has 0 saturated heterocycles. The molecule has 108 valence electrons. The summed E-state index contributed by atoms with van der Waals surface area (Å²) >= 11 is 6.79. The van der Waals surface area contributed by atoms with Gasteiger partial charge >= 0.3 is 0 Å². The molecule has 2 aromatic carbocycles. The number of nitrogens with zero attached hydrogens (tertiary/aromatic N) is 1. The van der Waals surface area contributed by atoms with Crippen LogP contribution in [0.25, 0.3) is 6.08 Å². The van der Waals surface area contributed by atoms with Gasteiger partial charge in [0.2, 0.25) is 6.20 Å². The standard InChI is InChI=1S/C15H11Br2NO3/c16-13-4-1-12(2-5-13)10-21-15-6-3-11(9-14(15)17)7-8-18(19)20/h1-9H,10H2/b8-7-. The molecular formula is C15H11Br2NO3. The van der Waals surface area contributed by atoms with Gasteiger partial charge in [-0.25, -0.2) is 0 Å². The molecule has 0 aliphatic rings. The topological polar surface area (TPSA) is 52.4 Å². The molecule has 2 rings (SSSR count). The molecule has 0 unspecified atom stereocenters. The highest BCUT2D eigenvalue weighted by Gasteiger charge is 2.03. The van der Waals surface area contributed by atoms with E-state index in [1.807, 2.05) is 24.3 Å². The molecule has 6 heteroatoms. The molecule has 0 bridgehead atoms. The van der Waals surface area contributed by atoms with E-state index >= 15 is 0 Å². The van der Waals surface area contributed by atoms with E-state index < -0.39 is 4.92 Å². The Labute approximate surface area is 138 Å². The summed E-state index contributed by atoms with van der Waals surface area (Å²) < 4.78 is 7.50. The summed E-state index contributed by atoms with van der Waals surface area (Å²) in [6.45, 7) is 0.454. The summed E-state index contributed by atoms with van der Waals surface area (Å²) in [5, 5.41) is 10.3. The number of hydrogen-bond acceptors (Lipinski definition) is 3. The Hall–Kier alpha value is -1.66. The second-order valence-electron chi connectivity index (χ2n) is 4.21. The van der Waals surface area contributed by atoms with Crippen LogP contribution in [-0.2, 0) is 6.61 Å². The van der Waals surface area contributed by atoms with Gasteiger partial charge in [0.05, 0.1) is 9.40 Å². The smallest absolute Gasteiger partial charge is 0.235 e. The van der Waals surface area contributed by atoms with Crippen LogP contribution in [0.4, 0.5) is 0 Å². The van der Waals surface area contributed by atoms with Crippen molar-refractivity contribution < 1.29 is 9.66 Å². The quantitative estimate of drug-likeness (QED) is 0.510. The minimum Gasteiger partial charge on any atom is -0.488 e. The molecule has 0 N–H and O–H groups in total. The molecule has 0 radical (unpaired) electrons. The van der Waals surface area contributed by atoms with Gasteiger partial charge in [0.25, 0.3) is 0 Å². The van der Waals surface area contributed by atoms with Crippen LogP contribution in [0.5, 0.6) is 5.75 Å². The van der Waals surface area contributed by atoms with E-state index in [2.05, 4.69) is 31.9 Å². The van der Waals surface area contributed by atoms with Crippen LogP contribution in [-0.4, -0.2) is 4.92 Å². The predicted molar refractivity (Wildman–Crippen MR) is 88.6 cm³/mol. The largest absolute Gasteiger partial charge is 0.488 e. The van der Waals surface area contributed by atoms with Gasteiger partial charge < -0.3 is 4.74 Å². The van der Waals surface area contributed by atoms with Gasteiger partial charge in [0.15, 0.2) is 0 Å². The average Bonchev–Trinajstić information content (AvgIpc) is 2.46. The van der Waals surface area contributed by atoms with E-state index in [-0.39, 0.29) is 0 Å². The molecule has 0 aromatic heterocycles. The summed E-state index contributed by atoms with van der Waals surface area (Å²) in [5.41, 5.74) is 1.79. The van der Waals surface area contributed by atoms with Crippen molar-refractivity contribution in [1.82, 2.24) is 0 Å². The van der Waals surface area contributed by atoms with Crippen molar-refractivity contribution in [3.05, 3.63) is 78.9 Å². The Morgan fingerprint density at radius 1 is 1.14 bits per heavy atom. The summed E-state index contributed by atoms with van der Waals surface area (Å²) in [6, 6.07) is 13.2. The summed E-state index contributed by atoms with van der Waals surface area (Å²) in [5.74, 6) is 0.691. The molecule has 0 aliphatic carbocycles. The van der Waals surface area contributed by atoms with E-state index in [9.17, 15) is 10.1 Å². The lowest BCUT2D eigenvalue weighted by Crippen LogP contribution is -1.96. The van der Waals surface area contributed by atoms with E-state index in [1.165, 1.54) is 6.08 Å². The van der Waals surface area contributed by atoms with Crippen LogP contribution >= 0.6 is 31.9 Å². The number of ether oxygens (including phenoxy) is 1. The number of benzene rings is 2. The molecule has 0 aliphatic heterocycles. The Bertz CT molecular complexity index is 669. The SMILES string of the molecule is O=[N+]([O-])/C=C\c1ccc(OCc2ccc(Br)cc2)c(Br)c1. The minimum absolute atomic E-state index is 0.454. The second-order valence-corrected chi connectivity index (χ2v) is 5.98. The van der Waals surface area contributed by atoms with Crippen molar-refractivity contribution >= 4 is 37.9 Å². The molecule has 0 fully saturated rings. The molecule has 0 heterocycles. The number of halogens is 2. The fraction of sp³-hybridized carbons (Fsp3) is 0.0667. The van der Waals surface area contributed by atoms with E-state index in [0.29, 0.717) is 12.4 Å². The third-order valence-corrected chi connectivity index (χ3v) is 3.80. The van der Waals surface area contributed by atoms with Crippen LogP contribution in [0.1, 0.15) is 11.1 Å². The molecule has 2 aromatic rings. The Kier molecular flexibility index (Phi) is 5.52. The van der Waals surface area contributed by atoms with Gasteiger partial charge in [0, 0.05) is 10.5 Å². The first-order valence-corrected chi connectivity index (χ1v) is 7.62. The Morgan fingerprint density at radius 2 is 1.86 bits per heavy atom. The van der Waals surface area contributed by atoms with Crippen molar-refractivity contribution in [2.45, 2.75) is 6.61 Å². The molecule has 4 nitrogen and oxygen atoms in total. The van der Waals surface area contributed by atoms with E-state index in [1.54, 1.807) is 18.2 Å². The zero-order valence-electron chi connectivity index (χ0n) is 10.8. The minimum atomic E-state index is -0.494. The van der Waals surface area contributed by atoms with Crippen molar-refractivity contribution in [2.24, 2.45) is 0 Å². The molecule has 0 atom stereocenters. The average molecular weight is 413 g/mol. The number of hydrogen-bond donors (Lipinski definition) is 0. The van der Waals surface area contributed by atoms with Gasteiger partial charge in [-0.2, -0.15) is 0 Å². The van der Waals surface area contributed by atoms with Crippen LogP contribution in [0.3, 0.4) is 0 Å². The number of nitro groups is 1. The normalized spacial score (nSPS) is 10.8.